The van der Waals surface area contributed by atoms with E-state index in [1.54, 1.807) is 18.2 Å². The normalized spacial score (nSPS) is 20.2. The highest BCUT2D eigenvalue weighted by atomic mass is 32.2. The Morgan fingerprint density at radius 2 is 1.69 bits per heavy atom. The Labute approximate surface area is 188 Å². The van der Waals surface area contributed by atoms with E-state index in [4.69, 9.17) is 4.74 Å². The van der Waals surface area contributed by atoms with Crippen LogP contribution in [0.5, 0.6) is 5.75 Å². The molecule has 7 heteroatoms. The van der Waals surface area contributed by atoms with E-state index in [1.165, 1.54) is 24.1 Å². The molecule has 3 nitrogen and oxygen atoms in total. The molecule has 32 heavy (non-hydrogen) atoms. The zero-order valence-corrected chi connectivity index (χ0v) is 17.8. The van der Waals surface area contributed by atoms with Crippen molar-refractivity contribution in [1.82, 2.24) is 4.72 Å². The van der Waals surface area contributed by atoms with Gasteiger partial charge in [-0.15, -0.1) is 0 Å². The molecule has 0 bridgehead atoms. The minimum atomic E-state index is -4.41. The lowest BCUT2D eigenvalue weighted by molar-refractivity contribution is -0.137. The molecule has 1 aliphatic heterocycles. The minimum absolute atomic E-state index is 0.0331. The summed E-state index contributed by atoms with van der Waals surface area (Å²) in [5, 5.41) is 0.0972. The Kier molecular flexibility index (Phi) is 5.37. The van der Waals surface area contributed by atoms with Gasteiger partial charge in [0.15, 0.2) is 0 Å². The fourth-order valence-electron chi connectivity index (χ4n) is 4.46. The lowest BCUT2D eigenvalue weighted by atomic mass is 9.93. The second-order valence-corrected chi connectivity index (χ2v) is 8.98. The van der Waals surface area contributed by atoms with Gasteiger partial charge < -0.3 is 4.74 Å². The molecule has 3 aromatic rings. The molecular formula is C25H20F3NO2S. The fraction of sp³-hybridized carbons (Fsp3) is 0.240. The number of hydrogen-bond donors (Lipinski definition) is 1. The maximum atomic E-state index is 13.6. The van der Waals surface area contributed by atoms with Gasteiger partial charge in [0.25, 0.3) is 0 Å². The zero-order chi connectivity index (χ0) is 22.3. The number of nitrogens with one attached hydrogen (secondary N) is 1. The SMILES string of the molecule is O=C1CC(c2ccc(O[C@@H]3CCc4c(-c5ccccc5C(F)(F)F)cccc43)cc2)SN1. The summed E-state index contributed by atoms with van der Waals surface area (Å²) in [7, 11) is 0. The van der Waals surface area contributed by atoms with Gasteiger partial charge in [0, 0.05) is 6.42 Å². The number of alkyl halides is 3. The molecule has 2 atom stereocenters. The average molecular weight is 456 g/mol. The van der Waals surface area contributed by atoms with Crippen LogP contribution in [-0.4, -0.2) is 5.91 Å². The number of fused-ring (bicyclic) bond motifs is 1. The first-order chi connectivity index (χ1) is 15.4. The molecular weight excluding hydrogens is 435 g/mol. The maximum Gasteiger partial charge on any atom is 0.417 e. The number of carbonyl (C=O) groups is 1. The van der Waals surface area contributed by atoms with Crippen LogP contribution in [0.2, 0.25) is 0 Å². The van der Waals surface area contributed by atoms with Crippen molar-refractivity contribution in [2.24, 2.45) is 0 Å². The van der Waals surface area contributed by atoms with Gasteiger partial charge in [-0.3, -0.25) is 9.52 Å². The van der Waals surface area contributed by atoms with E-state index in [0.29, 0.717) is 30.6 Å². The van der Waals surface area contributed by atoms with E-state index in [0.717, 1.165) is 22.8 Å². The Morgan fingerprint density at radius 1 is 0.938 bits per heavy atom. The smallest absolute Gasteiger partial charge is 0.417 e. The quantitative estimate of drug-likeness (QED) is 0.448. The number of hydrogen-bond acceptors (Lipinski definition) is 3. The molecule has 2 aliphatic rings. The van der Waals surface area contributed by atoms with Gasteiger partial charge >= 0.3 is 6.18 Å². The van der Waals surface area contributed by atoms with E-state index < -0.39 is 11.7 Å². The Bertz CT molecular complexity index is 1160. The molecule has 3 aromatic carbocycles. The summed E-state index contributed by atoms with van der Waals surface area (Å²) in [4.78, 5) is 11.4. The molecule has 1 heterocycles. The van der Waals surface area contributed by atoms with E-state index in [9.17, 15) is 18.0 Å². The molecule has 1 aliphatic carbocycles. The summed E-state index contributed by atoms with van der Waals surface area (Å²) in [6.07, 6.45) is -2.79. The van der Waals surface area contributed by atoms with Crippen molar-refractivity contribution < 1.29 is 22.7 Å². The van der Waals surface area contributed by atoms with Crippen LogP contribution in [0, 0.1) is 0 Å². The van der Waals surface area contributed by atoms with Gasteiger partial charge in [0.1, 0.15) is 11.9 Å². The second kappa shape index (κ2) is 8.20. The van der Waals surface area contributed by atoms with Gasteiger partial charge in [-0.05, 0) is 70.8 Å². The third-order valence-electron chi connectivity index (χ3n) is 5.95. The summed E-state index contributed by atoms with van der Waals surface area (Å²) < 4.78 is 49.7. The first kappa shape index (κ1) is 20.9. The van der Waals surface area contributed by atoms with Crippen molar-refractivity contribution in [1.29, 1.82) is 0 Å². The first-order valence-electron chi connectivity index (χ1n) is 10.4. The Morgan fingerprint density at radius 3 is 2.41 bits per heavy atom. The highest BCUT2D eigenvalue weighted by Gasteiger charge is 2.35. The zero-order valence-electron chi connectivity index (χ0n) is 17.0. The number of halogens is 3. The number of amides is 1. The second-order valence-electron chi connectivity index (χ2n) is 7.97. The van der Waals surface area contributed by atoms with Crippen molar-refractivity contribution in [3.63, 3.8) is 0 Å². The standard InChI is InChI=1S/C25H20F3NO2S/c26-25(27,28)21-7-2-1-4-19(21)17-5-3-6-20-18(17)12-13-22(20)31-16-10-8-15(9-11-16)23-14-24(30)29-32-23/h1-11,22-23H,12-14H2,(H,29,30)/t22-,23?/m1/s1. The average Bonchev–Trinajstić information content (AvgIpc) is 3.40. The van der Waals surface area contributed by atoms with Crippen LogP contribution in [0.25, 0.3) is 11.1 Å². The van der Waals surface area contributed by atoms with Crippen LogP contribution in [0.15, 0.2) is 66.7 Å². The van der Waals surface area contributed by atoms with Crippen LogP contribution >= 0.6 is 11.9 Å². The summed E-state index contributed by atoms with van der Waals surface area (Å²) >= 11 is 1.41. The van der Waals surface area contributed by atoms with Gasteiger partial charge in [0.2, 0.25) is 5.91 Å². The van der Waals surface area contributed by atoms with Gasteiger partial charge in [-0.2, -0.15) is 13.2 Å². The van der Waals surface area contributed by atoms with Gasteiger partial charge in [-0.1, -0.05) is 48.5 Å². The lowest BCUT2D eigenvalue weighted by Crippen LogP contribution is -2.08. The van der Waals surface area contributed by atoms with E-state index in [2.05, 4.69) is 4.72 Å². The maximum absolute atomic E-state index is 13.6. The molecule has 1 saturated heterocycles. The van der Waals surface area contributed by atoms with Crippen molar-refractivity contribution in [2.75, 3.05) is 0 Å². The predicted octanol–water partition coefficient (Wildman–Crippen LogP) is 6.65. The molecule has 0 radical (unpaired) electrons. The van der Waals surface area contributed by atoms with Crippen LogP contribution in [0.3, 0.4) is 0 Å². The van der Waals surface area contributed by atoms with Crippen LogP contribution in [-0.2, 0) is 17.4 Å². The molecule has 0 spiro atoms. The Balaban J connectivity index is 1.40. The molecule has 1 N–H and O–H groups in total. The summed E-state index contributed by atoms with van der Waals surface area (Å²) in [6, 6.07) is 18.9. The molecule has 1 unspecified atom stereocenters. The monoisotopic (exact) mass is 455 g/mol. The largest absolute Gasteiger partial charge is 0.486 e. The van der Waals surface area contributed by atoms with Crippen molar-refractivity contribution in [3.05, 3.63) is 89.0 Å². The topological polar surface area (TPSA) is 38.3 Å². The first-order valence-corrected chi connectivity index (χ1v) is 11.3. The van der Waals surface area contributed by atoms with Crippen molar-refractivity contribution >= 4 is 17.9 Å². The number of ether oxygens (including phenoxy) is 1. The minimum Gasteiger partial charge on any atom is -0.486 e. The molecule has 0 saturated carbocycles. The number of rotatable bonds is 4. The number of benzene rings is 3. The molecule has 164 valence electrons. The molecule has 0 aromatic heterocycles. The third-order valence-corrected chi connectivity index (χ3v) is 7.02. The summed E-state index contributed by atoms with van der Waals surface area (Å²) in [5.74, 6) is 0.737. The molecule has 1 fully saturated rings. The van der Waals surface area contributed by atoms with Crippen molar-refractivity contribution in [3.8, 4) is 16.9 Å². The van der Waals surface area contributed by atoms with Crippen LogP contribution < -0.4 is 9.46 Å². The van der Waals surface area contributed by atoms with E-state index >= 15 is 0 Å². The van der Waals surface area contributed by atoms with E-state index in [-0.39, 0.29) is 22.8 Å². The Hall–Kier alpha value is -2.93. The van der Waals surface area contributed by atoms with Crippen LogP contribution in [0.1, 0.15) is 46.4 Å². The summed E-state index contributed by atoms with van der Waals surface area (Å²) in [6.45, 7) is 0. The van der Waals surface area contributed by atoms with E-state index in [1.807, 2.05) is 30.3 Å². The van der Waals surface area contributed by atoms with Gasteiger partial charge in [0.05, 0.1) is 10.8 Å². The highest BCUT2D eigenvalue weighted by molar-refractivity contribution is 7.98. The molecule has 1 amide bonds. The molecule has 5 rings (SSSR count). The summed E-state index contributed by atoms with van der Waals surface area (Å²) in [5.41, 5.74) is 3.11. The van der Waals surface area contributed by atoms with Crippen LogP contribution in [0.4, 0.5) is 13.2 Å². The number of carbonyl (C=O) groups excluding carboxylic acids is 1. The highest BCUT2D eigenvalue weighted by Crippen LogP contribution is 2.44. The third kappa shape index (κ3) is 3.97. The fourth-order valence-corrected chi connectivity index (χ4v) is 5.34. The van der Waals surface area contributed by atoms with Crippen molar-refractivity contribution in [2.45, 2.75) is 36.8 Å². The predicted molar refractivity (Wildman–Crippen MR) is 118 cm³/mol. The van der Waals surface area contributed by atoms with Gasteiger partial charge in [-0.25, -0.2) is 0 Å². The lowest BCUT2D eigenvalue weighted by Gasteiger charge is -2.18.